The third-order valence-electron chi connectivity index (χ3n) is 2.69. The molecule has 2 heterocycles. The van der Waals surface area contributed by atoms with E-state index in [4.69, 9.17) is 11.6 Å². The maximum absolute atomic E-state index is 6.06. The maximum atomic E-state index is 6.06. The van der Waals surface area contributed by atoms with Crippen molar-refractivity contribution in [1.82, 2.24) is 14.9 Å². The van der Waals surface area contributed by atoms with Gasteiger partial charge in [0.05, 0.1) is 16.2 Å². The Labute approximate surface area is 113 Å². The zero-order valence-electron chi connectivity index (χ0n) is 9.20. The van der Waals surface area contributed by atoms with Crippen molar-refractivity contribution in [2.75, 3.05) is 25.1 Å². The molecule has 0 spiro atoms. The standard InChI is InChI=1S/C10H13BrClN3S/c1-6-8(11)9(12)14-10(13-6)7-5-16-4-3-15(7)2/h7H,3-5H2,1-2H3. The summed E-state index contributed by atoms with van der Waals surface area (Å²) >= 11 is 11.4. The van der Waals surface area contributed by atoms with Gasteiger partial charge in [0.15, 0.2) is 0 Å². The number of hydrogen-bond donors (Lipinski definition) is 0. The molecule has 1 unspecified atom stereocenters. The minimum atomic E-state index is 0.281. The van der Waals surface area contributed by atoms with E-state index in [2.05, 4.69) is 37.8 Å². The number of hydrogen-bond acceptors (Lipinski definition) is 4. The SMILES string of the molecule is Cc1nc(C2CSCCN2C)nc(Cl)c1Br. The van der Waals surface area contributed by atoms with E-state index in [0.717, 1.165) is 28.3 Å². The molecule has 0 N–H and O–H groups in total. The van der Waals surface area contributed by atoms with E-state index < -0.39 is 0 Å². The number of aromatic nitrogens is 2. The fraction of sp³-hybridized carbons (Fsp3) is 0.600. The Bertz CT molecular complexity index is 379. The van der Waals surface area contributed by atoms with Crippen LogP contribution < -0.4 is 0 Å². The Morgan fingerprint density at radius 1 is 1.50 bits per heavy atom. The Morgan fingerprint density at radius 3 is 2.88 bits per heavy atom. The predicted molar refractivity (Wildman–Crippen MR) is 72.2 cm³/mol. The molecule has 0 saturated carbocycles. The van der Waals surface area contributed by atoms with E-state index in [0.29, 0.717) is 5.15 Å². The number of rotatable bonds is 1. The van der Waals surface area contributed by atoms with Gasteiger partial charge in [0.25, 0.3) is 0 Å². The lowest BCUT2D eigenvalue weighted by atomic mass is 10.2. The zero-order chi connectivity index (χ0) is 11.7. The molecule has 2 rings (SSSR count). The monoisotopic (exact) mass is 321 g/mol. The molecule has 1 atom stereocenters. The molecule has 0 aliphatic carbocycles. The first-order chi connectivity index (χ1) is 7.59. The highest BCUT2D eigenvalue weighted by atomic mass is 79.9. The van der Waals surface area contributed by atoms with E-state index in [-0.39, 0.29) is 6.04 Å². The lowest BCUT2D eigenvalue weighted by molar-refractivity contribution is 0.264. The first kappa shape index (κ1) is 12.6. The molecule has 1 aliphatic rings. The highest BCUT2D eigenvalue weighted by Gasteiger charge is 2.24. The van der Waals surface area contributed by atoms with Crippen LogP contribution in [0.3, 0.4) is 0 Å². The minimum absolute atomic E-state index is 0.281. The highest BCUT2D eigenvalue weighted by Crippen LogP contribution is 2.29. The van der Waals surface area contributed by atoms with Crippen LogP contribution >= 0.6 is 39.3 Å². The second-order valence-corrected chi connectivity index (χ2v) is 6.14. The van der Waals surface area contributed by atoms with Crippen molar-refractivity contribution in [2.24, 2.45) is 0 Å². The molecular formula is C10H13BrClN3S. The van der Waals surface area contributed by atoms with Crippen LogP contribution in [0.5, 0.6) is 0 Å². The molecule has 1 aliphatic heterocycles. The summed E-state index contributed by atoms with van der Waals surface area (Å²) in [5, 5.41) is 0.506. The molecule has 88 valence electrons. The molecule has 1 aromatic rings. The Balaban J connectivity index is 2.32. The molecular weight excluding hydrogens is 310 g/mol. The predicted octanol–water partition coefficient (Wildman–Crippen LogP) is 2.92. The lowest BCUT2D eigenvalue weighted by Crippen LogP contribution is -2.34. The summed E-state index contributed by atoms with van der Waals surface area (Å²) in [5.74, 6) is 3.05. The first-order valence-corrected chi connectivity index (χ1v) is 7.39. The Kier molecular flexibility index (Phi) is 4.11. The van der Waals surface area contributed by atoms with E-state index in [1.807, 2.05) is 18.7 Å². The molecule has 0 aromatic carbocycles. The van der Waals surface area contributed by atoms with Gasteiger partial charge in [-0.3, -0.25) is 4.90 Å². The van der Waals surface area contributed by atoms with Gasteiger partial charge in [-0.15, -0.1) is 0 Å². The summed E-state index contributed by atoms with van der Waals surface area (Å²) in [6, 6.07) is 0.281. The van der Waals surface area contributed by atoms with Gasteiger partial charge >= 0.3 is 0 Å². The van der Waals surface area contributed by atoms with Gasteiger partial charge in [0.2, 0.25) is 0 Å². The van der Waals surface area contributed by atoms with Crippen LogP contribution in [0.2, 0.25) is 5.15 Å². The van der Waals surface area contributed by atoms with E-state index in [9.17, 15) is 0 Å². The van der Waals surface area contributed by atoms with Gasteiger partial charge in [-0.05, 0) is 29.9 Å². The fourth-order valence-corrected chi connectivity index (χ4v) is 3.26. The summed E-state index contributed by atoms with van der Waals surface area (Å²) in [5.41, 5.74) is 0.902. The smallest absolute Gasteiger partial charge is 0.148 e. The average molecular weight is 323 g/mol. The topological polar surface area (TPSA) is 29.0 Å². The minimum Gasteiger partial charge on any atom is -0.295 e. The number of aryl methyl sites for hydroxylation is 1. The largest absolute Gasteiger partial charge is 0.295 e. The Hall–Kier alpha value is 0.160. The zero-order valence-corrected chi connectivity index (χ0v) is 12.4. The van der Waals surface area contributed by atoms with Crippen molar-refractivity contribution in [1.29, 1.82) is 0 Å². The number of thioether (sulfide) groups is 1. The first-order valence-electron chi connectivity index (χ1n) is 5.07. The summed E-state index contributed by atoms with van der Waals surface area (Å²) in [7, 11) is 2.11. The second kappa shape index (κ2) is 5.21. The van der Waals surface area contributed by atoms with Gasteiger partial charge in [0.1, 0.15) is 11.0 Å². The summed E-state index contributed by atoms with van der Waals surface area (Å²) in [6.45, 7) is 3.02. The van der Waals surface area contributed by atoms with Crippen LogP contribution in [0.1, 0.15) is 17.6 Å². The summed E-state index contributed by atoms with van der Waals surface area (Å²) in [6.07, 6.45) is 0. The van der Waals surface area contributed by atoms with Crippen LogP contribution in [0.25, 0.3) is 0 Å². The van der Waals surface area contributed by atoms with Crippen molar-refractivity contribution in [3.8, 4) is 0 Å². The number of halogens is 2. The Morgan fingerprint density at radius 2 is 2.25 bits per heavy atom. The van der Waals surface area contributed by atoms with E-state index in [1.165, 1.54) is 5.75 Å². The van der Waals surface area contributed by atoms with Gasteiger partial charge in [-0.2, -0.15) is 11.8 Å². The van der Waals surface area contributed by atoms with E-state index >= 15 is 0 Å². The lowest BCUT2D eigenvalue weighted by Gasteiger charge is -2.31. The molecule has 0 amide bonds. The molecule has 1 saturated heterocycles. The normalized spacial score (nSPS) is 22.4. The van der Waals surface area contributed by atoms with Gasteiger partial charge in [0, 0.05) is 18.1 Å². The van der Waals surface area contributed by atoms with Crippen molar-refractivity contribution in [2.45, 2.75) is 13.0 Å². The third-order valence-corrected chi connectivity index (χ3v) is 5.16. The van der Waals surface area contributed by atoms with Crippen LogP contribution in [0.4, 0.5) is 0 Å². The highest BCUT2D eigenvalue weighted by molar-refractivity contribution is 9.10. The molecule has 0 bridgehead atoms. The molecule has 3 nitrogen and oxygen atoms in total. The van der Waals surface area contributed by atoms with Crippen LogP contribution in [0, 0.1) is 6.92 Å². The van der Waals surface area contributed by atoms with Crippen molar-refractivity contribution >= 4 is 39.3 Å². The van der Waals surface area contributed by atoms with E-state index in [1.54, 1.807) is 0 Å². The van der Waals surface area contributed by atoms with Crippen molar-refractivity contribution < 1.29 is 0 Å². The van der Waals surface area contributed by atoms with Crippen molar-refractivity contribution in [3.63, 3.8) is 0 Å². The molecule has 0 radical (unpaired) electrons. The maximum Gasteiger partial charge on any atom is 0.148 e. The van der Waals surface area contributed by atoms with Gasteiger partial charge < -0.3 is 0 Å². The molecule has 1 aromatic heterocycles. The molecule has 16 heavy (non-hydrogen) atoms. The molecule has 6 heteroatoms. The van der Waals surface area contributed by atoms with Crippen LogP contribution in [-0.2, 0) is 0 Å². The molecule has 1 fully saturated rings. The fourth-order valence-electron chi connectivity index (χ4n) is 1.65. The quantitative estimate of drug-likeness (QED) is 0.744. The average Bonchev–Trinajstić information content (AvgIpc) is 2.26. The van der Waals surface area contributed by atoms with Crippen LogP contribution in [-0.4, -0.2) is 40.0 Å². The van der Waals surface area contributed by atoms with Gasteiger partial charge in [-0.1, -0.05) is 11.6 Å². The third kappa shape index (κ3) is 2.53. The summed E-state index contributed by atoms with van der Waals surface area (Å²) < 4.78 is 0.795. The number of nitrogens with zero attached hydrogens (tertiary/aromatic N) is 3. The second-order valence-electron chi connectivity index (χ2n) is 3.84. The summed E-state index contributed by atoms with van der Waals surface area (Å²) in [4.78, 5) is 11.2. The van der Waals surface area contributed by atoms with Gasteiger partial charge in [-0.25, -0.2) is 9.97 Å². The van der Waals surface area contributed by atoms with Crippen molar-refractivity contribution in [3.05, 3.63) is 21.1 Å². The van der Waals surface area contributed by atoms with Crippen LogP contribution in [0.15, 0.2) is 4.47 Å².